The Morgan fingerprint density at radius 1 is 1.12 bits per heavy atom. The minimum Gasteiger partial charge on any atom is -0.368 e. The van der Waals surface area contributed by atoms with Crippen LogP contribution < -0.4 is 16.0 Å². The molecule has 0 aliphatic carbocycles. The van der Waals surface area contributed by atoms with Gasteiger partial charge in [-0.15, -0.1) is 10.2 Å². The monoisotopic (exact) mass is 360 g/mol. The van der Waals surface area contributed by atoms with Crippen LogP contribution in [0.4, 0.5) is 22.7 Å². The first-order chi connectivity index (χ1) is 11.6. The maximum absolute atomic E-state index is 5.72. The summed E-state index contributed by atoms with van der Waals surface area (Å²) in [5.41, 5.74) is 6.70. The molecule has 0 spiro atoms. The summed E-state index contributed by atoms with van der Waals surface area (Å²) < 4.78 is 0.832. The van der Waals surface area contributed by atoms with E-state index in [-0.39, 0.29) is 5.95 Å². The van der Waals surface area contributed by atoms with Crippen molar-refractivity contribution in [2.45, 2.75) is 10.1 Å². The lowest BCUT2D eigenvalue weighted by atomic mass is 10.3. The Balaban J connectivity index is 1.63. The minimum absolute atomic E-state index is 0.216. The van der Waals surface area contributed by atoms with Gasteiger partial charge in [0.25, 0.3) is 0 Å². The van der Waals surface area contributed by atoms with E-state index < -0.39 is 0 Å². The predicted molar refractivity (Wildman–Crippen MR) is 97.8 cm³/mol. The standard InChI is InChI=1S/C14H16N8S2/c1-22(2)12-18-10(17-11(15)19-12)8-23-14-21-20-13(24-14)16-9-6-4-3-5-7-9/h3-7H,8H2,1-2H3,(H,16,20)(H2,15,17,18,19). The third-order valence-electron chi connectivity index (χ3n) is 2.84. The average molecular weight is 360 g/mol. The first kappa shape index (κ1) is 16.4. The Morgan fingerprint density at radius 3 is 2.67 bits per heavy atom. The van der Waals surface area contributed by atoms with Crippen LogP contribution in [0.5, 0.6) is 0 Å². The van der Waals surface area contributed by atoms with Crippen LogP contribution >= 0.6 is 23.1 Å². The summed E-state index contributed by atoms with van der Waals surface area (Å²) in [7, 11) is 3.72. The quantitative estimate of drug-likeness (QED) is 0.641. The molecule has 0 atom stereocenters. The summed E-state index contributed by atoms with van der Waals surface area (Å²) in [5, 5.41) is 12.3. The Kier molecular flexibility index (Phi) is 5.06. The molecule has 0 radical (unpaired) electrons. The zero-order valence-electron chi connectivity index (χ0n) is 13.2. The van der Waals surface area contributed by atoms with E-state index in [9.17, 15) is 0 Å². The molecule has 3 aromatic rings. The first-order valence-corrected chi connectivity index (χ1v) is 8.86. The van der Waals surface area contributed by atoms with Crippen LogP contribution in [-0.2, 0) is 5.75 Å². The van der Waals surface area contributed by atoms with E-state index in [0.29, 0.717) is 17.5 Å². The number of nitrogens with one attached hydrogen (secondary N) is 1. The van der Waals surface area contributed by atoms with Crippen molar-refractivity contribution < 1.29 is 0 Å². The van der Waals surface area contributed by atoms with E-state index in [0.717, 1.165) is 15.2 Å². The molecule has 3 N–H and O–H groups in total. The van der Waals surface area contributed by atoms with Crippen LogP contribution in [0.15, 0.2) is 34.7 Å². The molecule has 0 aliphatic heterocycles. The molecule has 2 heterocycles. The zero-order chi connectivity index (χ0) is 16.9. The molecule has 0 bridgehead atoms. The van der Waals surface area contributed by atoms with E-state index in [1.54, 1.807) is 4.90 Å². The molecule has 8 nitrogen and oxygen atoms in total. The number of nitrogens with zero attached hydrogens (tertiary/aromatic N) is 6. The van der Waals surface area contributed by atoms with Crippen molar-refractivity contribution in [3.05, 3.63) is 36.2 Å². The molecule has 124 valence electrons. The molecule has 10 heteroatoms. The fourth-order valence-corrected chi connectivity index (χ4v) is 3.41. The summed E-state index contributed by atoms with van der Waals surface area (Å²) in [6.07, 6.45) is 0. The van der Waals surface area contributed by atoms with Gasteiger partial charge in [0.05, 0.1) is 5.75 Å². The fourth-order valence-electron chi connectivity index (χ4n) is 1.78. The Bertz CT molecular complexity index is 806. The minimum atomic E-state index is 0.216. The maximum Gasteiger partial charge on any atom is 0.229 e. The van der Waals surface area contributed by atoms with Crippen molar-refractivity contribution in [1.29, 1.82) is 0 Å². The molecule has 0 saturated heterocycles. The highest BCUT2D eigenvalue weighted by Crippen LogP contribution is 2.29. The molecule has 2 aromatic heterocycles. The van der Waals surface area contributed by atoms with Gasteiger partial charge in [-0.1, -0.05) is 41.3 Å². The summed E-state index contributed by atoms with van der Waals surface area (Å²) in [5.74, 6) is 1.92. The Hall–Kier alpha value is -2.46. The smallest absolute Gasteiger partial charge is 0.229 e. The number of benzene rings is 1. The number of aromatic nitrogens is 5. The molecule has 0 unspecified atom stereocenters. The van der Waals surface area contributed by atoms with Crippen LogP contribution in [0, 0.1) is 0 Å². The highest BCUT2D eigenvalue weighted by Gasteiger charge is 2.09. The third-order valence-corrected chi connectivity index (χ3v) is 4.81. The van der Waals surface area contributed by atoms with Gasteiger partial charge in [-0.05, 0) is 12.1 Å². The van der Waals surface area contributed by atoms with E-state index in [2.05, 4.69) is 30.5 Å². The van der Waals surface area contributed by atoms with Gasteiger partial charge in [0.15, 0.2) is 4.34 Å². The van der Waals surface area contributed by atoms with Gasteiger partial charge in [0.1, 0.15) is 5.82 Å². The van der Waals surface area contributed by atoms with E-state index in [1.807, 2.05) is 44.4 Å². The Labute approximate surface area is 147 Å². The van der Waals surface area contributed by atoms with Crippen molar-refractivity contribution in [3.8, 4) is 0 Å². The van der Waals surface area contributed by atoms with Gasteiger partial charge in [-0.3, -0.25) is 0 Å². The molecule has 0 saturated carbocycles. The van der Waals surface area contributed by atoms with Crippen molar-refractivity contribution in [1.82, 2.24) is 25.1 Å². The molecular formula is C14H16N8S2. The second-order valence-electron chi connectivity index (χ2n) is 4.96. The van der Waals surface area contributed by atoms with Gasteiger partial charge >= 0.3 is 0 Å². The second kappa shape index (κ2) is 7.41. The fraction of sp³-hybridized carbons (Fsp3) is 0.214. The number of hydrogen-bond donors (Lipinski definition) is 2. The van der Waals surface area contributed by atoms with Crippen LogP contribution in [-0.4, -0.2) is 39.2 Å². The predicted octanol–water partition coefficient (Wildman–Crippen LogP) is 2.41. The lowest BCUT2D eigenvalue weighted by Crippen LogP contribution is -2.15. The topological polar surface area (TPSA) is 106 Å². The highest BCUT2D eigenvalue weighted by molar-refractivity contribution is 8.00. The van der Waals surface area contributed by atoms with E-state index in [4.69, 9.17) is 5.73 Å². The number of nitrogens with two attached hydrogens (primary N) is 1. The van der Waals surface area contributed by atoms with Crippen molar-refractivity contribution in [2.75, 3.05) is 30.0 Å². The zero-order valence-corrected chi connectivity index (χ0v) is 14.8. The van der Waals surface area contributed by atoms with Crippen molar-refractivity contribution in [3.63, 3.8) is 0 Å². The second-order valence-corrected chi connectivity index (χ2v) is 7.16. The molecular weight excluding hydrogens is 344 g/mol. The number of hydrogen-bond acceptors (Lipinski definition) is 10. The lowest BCUT2D eigenvalue weighted by molar-refractivity contribution is 0.918. The van der Waals surface area contributed by atoms with Crippen LogP contribution in [0.1, 0.15) is 5.82 Å². The summed E-state index contributed by atoms with van der Waals surface area (Å²) in [6, 6.07) is 9.85. The van der Waals surface area contributed by atoms with Crippen LogP contribution in [0.2, 0.25) is 0 Å². The number of anilines is 4. The maximum atomic E-state index is 5.72. The normalized spacial score (nSPS) is 10.6. The highest BCUT2D eigenvalue weighted by atomic mass is 32.2. The molecule has 3 rings (SSSR count). The van der Waals surface area contributed by atoms with Gasteiger partial charge in [-0.25, -0.2) is 0 Å². The van der Waals surface area contributed by atoms with Crippen molar-refractivity contribution in [2.24, 2.45) is 0 Å². The summed E-state index contributed by atoms with van der Waals surface area (Å²) in [4.78, 5) is 14.4. The largest absolute Gasteiger partial charge is 0.368 e. The van der Waals surface area contributed by atoms with Gasteiger partial charge in [0, 0.05) is 19.8 Å². The number of nitrogen functional groups attached to an aromatic ring is 1. The molecule has 24 heavy (non-hydrogen) atoms. The van der Waals surface area contributed by atoms with Crippen LogP contribution in [0.25, 0.3) is 0 Å². The summed E-state index contributed by atoms with van der Waals surface area (Å²) >= 11 is 2.99. The Morgan fingerprint density at radius 2 is 1.92 bits per heavy atom. The number of rotatable bonds is 6. The number of para-hydroxylation sites is 1. The first-order valence-electron chi connectivity index (χ1n) is 7.06. The van der Waals surface area contributed by atoms with E-state index in [1.165, 1.54) is 23.1 Å². The van der Waals surface area contributed by atoms with Gasteiger partial charge in [-0.2, -0.15) is 15.0 Å². The van der Waals surface area contributed by atoms with Gasteiger partial charge < -0.3 is 16.0 Å². The van der Waals surface area contributed by atoms with Gasteiger partial charge in [0.2, 0.25) is 17.0 Å². The molecule has 0 amide bonds. The van der Waals surface area contributed by atoms with Crippen molar-refractivity contribution >= 4 is 45.8 Å². The summed E-state index contributed by atoms with van der Waals surface area (Å²) in [6.45, 7) is 0. The molecule has 0 fully saturated rings. The molecule has 0 aliphatic rings. The molecule has 1 aromatic carbocycles. The van der Waals surface area contributed by atoms with Crippen LogP contribution in [0.3, 0.4) is 0 Å². The lowest BCUT2D eigenvalue weighted by Gasteiger charge is -2.10. The third kappa shape index (κ3) is 4.30. The number of thioether (sulfide) groups is 1. The average Bonchev–Trinajstić information content (AvgIpc) is 3.01. The SMILES string of the molecule is CN(C)c1nc(N)nc(CSc2nnc(Nc3ccccc3)s2)n1. The van der Waals surface area contributed by atoms with E-state index >= 15 is 0 Å².